The van der Waals surface area contributed by atoms with Crippen molar-refractivity contribution < 1.29 is 0 Å². The van der Waals surface area contributed by atoms with Gasteiger partial charge in [-0.2, -0.15) is 5.10 Å². The average molecular weight is 468 g/mol. The Hall–Kier alpha value is -1.61. The van der Waals surface area contributed by atoms with Crippen LogP contribution in [0.1, 0.15) is 30.9 Å². The fraction of sp³-hybridized carbons (Fsp3) is 0.474. The number of hydrogen-bond donors (Lipinski definition) is 2. The molecule has 7 heteroatoms. The second kappa shape index (κ2) is 10.5. The first-order valence-corrected chi connectivity index (χ1v) is 9.08. The van der Waals surface area contributed by atoms with Crippen LogP contribution in [0.3, 0.4) is 0 Å². The first kappa shape index (κ1) is 20.7. The first-order chi connectivity index (χ1) is 12.3. The second-order valence-electron chi connectivity index (χ2n) is 6.48. The minimum atomic E-state index is 0. The zero-order valence-corrected chi connectivity index (χ0v) is 17.7. The predicted molar refractivity (Wildman–Crippen MR) is 117 cm³/mol. The van der Waals surface area contributed by atoms with Crippen LogP contribution in [0.15, 0.2) is 47.7 Å². The van der Waals surface area contributed by atoms with Gasteiger partial charge < -0.3 is 11.1 Å². The van der Waals surface area contributed by atoms with E-state index in [0.29, 0.717) is 18.5 Å². The summed E-state index contributed by atoms with van der Waals surface area (Å²) < 4.78 is 1.92. The molecule has 142 valence electrons. The van der Waals surface area contributed by atoms with E-state index in [2.05, 4.69) is 39.4 Å². The summed E-state index contributed by atoms with van der Waals surface area (Å²) in [5.74, 6) is 0.525. The van der Waals surface area contributed by atoms with Gasteiger partial charge in [-0.25, -0.2) is 4.99 Å². The fourth-order valence-corrected chi connectivity index (χ4v) is 3.43. The van der Waals surface area contributed by atoms with Crippen LogP contribution in [0, 0.1) is 0 Å². The van der Waals surface area contributed by atoms with Gasteiger partial charge in [0, 0.05) is 25.0 Å². The molecule has 0 aliphatic carbocycles. The molecule has 1 saturated heterocycles. The summed E-state index contributed by atoms with van der Waals surface area (Å²) in [5.41, 5.74) is 8.47. The number of likely N-dealkylation sites (N-methyl/N-ethyl adjacent to an activating group) is 1. The van der Waals surface area contributed by atoms with Crippen LogP contribution in [-0.4, -0.2) is 46.3 Å². The summed E-state index contributed by atoms with van der Waals surface area (Å²) in [7, 11) is 0. The maximum atomic E-state index is 6.08. The van der Waals surface area contributed by atoms with Gasteiger partial charge in [0.15, 0.2) is 5.96 Å². The topological polar surface area (TPSA) is 71.5 Å². The fourth-order valence-electron chi connectivity index (χ4n) is 3.43. The van der Waals surface area contributed by atoms with Crippen LogP contribution in [0.25, 0.3) is 0 Å². The summed E-state index contributed by atoms with van der Waals surface area (Å²) in [5, 5.41) is 7.57. The number of nitrogens with zero attached hydrogens (tertiary/aromatic N) is 4. The lowest BCUT2D eigenvalue weighted by molar-refractivity contribution is 0.267. The highest BCUT2D eigenvalue weighted by atomic mass is 127. The molecule has 0 spiro atoms. The SMILES string of the molecule is CCN1CCCC1CNC(N)=NCc1ccccc1Cn1cccn1.I. The molecule has 0 amide bonds. The van der Waals surface area contributed by atoms with Crippen LogP contribution in [0.5, 0.6) is 0 Å². The molecule has 1 aliphatic rings. The maximum Gasteiger partial charge on any atom is 0.188 e. The Morgan fingerprint density at radius 2 is 2.12 bits per heavy atom. The van der Waals surface area contributed by atoms with Crippen molar-refractivity contribution in [3.63, 3.8) is 0 Å². The van der Waals surface area contributed by atoms with E-state index in [1.165, 1.54) is 30.5 Å². The Bertz CT molecular complexity index is 685. The van der Waals surface area contributed by atoms with Gasteiger partial charge in [-0.05, 0) is 43.1 Å². The molecule has 3 N–H and O–H groups in total. The normalized spacial score (nSPS) is 17.9. The molecule has 1 aromatic carbocycles. The van der Waals surface area contributed by atoms with Crippen molar-refractivity contribution in [2.45, 2.75) is 38.9 Å². The number of likely N-dealkylation sites (tertiary alicyclic amines) is 1. The molecule has 1 aromatic heterocycles. The van der Waals surface area contributed by atoms with E-state index in [0.717, 1.165) is 19.6 Å². The predicted octanol–water partition coefficient (Wildman–Crippen LogP) is 2.44. The smallest absolute Gasteiger partial charge is 0.188 e. The van der Waals surface area contributed by atoms with Gasteiger partial charge in [-0.3, -0.25) is 9.58 Å². The quantitative estimate of drug-likeness (QED) is 0.372. The molecular formula is C19H29IN6. The summed E-state index contributed by atoms with van der Waals surface area (Å²) in [6, 6.07) is 10.8. The van der Waals surface area contributed by atoms with Crippen molar-refractivity contribution in [3.05, 3.63) is 53.9 Å². The third kappa shape index (κ3) is 5.70. The number of halogens is 1. The van der Waals surface area contributed by atoms with Crippen molar-refractivity contribution >= 4 is 29.9 Å². The van der Waals surface area contributed by atoms with Crippen LogP contribution < -0.4 is 11.1 Å². The summed E-state index contributed by atoms with van der Waals surface area (Å²) in [4.78, 5) is 7.03. The summed E-state index contributed by atoms with van der Waals surface area (Å²) in [6.07, 6.45) is 6.28. The number of aromatic nitrogens is 2. The third-order valence-electron chi connectivity index (χ3n) is 4.85. The molecule has 1 fully saturated rings. The molecule has 1 atom stereocenters. The molecule has 1 aliphatic heterocycles. The van der Waals surface area contributed by atoms with Crippen molar-refractivity contribution in [1.29, 1.82) is 0 Å². The Balaban J connectivity index is 0.00000243. The van der Waals surface area contributed by atoms with Crippen molar-refractivity contribution in [2.24, 2.45) is 10.7 Å². The number of nitrogens with two attached hydrogens (primary N) is 1. The van der Waals surface area contributed by atoms with E-state index in [4.69, 9.17) is 5.73 Å². The molecule has 1 unspecified atom stereocenters. The zero-order valence-electron chi connectivity index (χ0n) is 15.3. The molecule has 3 rings (SSSR count). The highest BCUT2D eigenvalue weighted by Crippen LogP contribution is 2.15. The number of benzene rings is 1. The van der Waals surface area contributed by atoms with E-state index >= 15 is 0 Å². The first-order valence-electron chi connectivity index (χ1n) is 9.08. The molecule has 0 radical (unpaired) electrons. The Morgan fingerprint density at radius 3 is 2.85 bits per heavy atom. The van der Waals surface area contributed by atoms with Gasteiger partial charge in [0.05, 0.1) is 13.1 Å². The minimum absolute atomic E-state index is 0. The van der Waals surface area contributed by atoms with E-state index in [-0.39, 0.29) is 24.0 Å². The van der Waals surface area contributed by atoms with Gasteiger partial charge in [-0.15, -0.1) is 24.0 Å². The molecule has 2 heterocycles. The van der Waals surface area contributed by atoms with Gasteiger partial charge in [0.2, 0.25) is 0 Å². The number of hydrogen-bond acceptors (Lipinski definition) is 3. The summed E-state index contributed by atoms with van der Waals surface area (Å²) >= 11 is 0. The second-order valence-corrected chi connectivity index (χ2v) is 6.48. The zero-order chi connectivity index (χ0) is 17.5. The largest absolute Gasteiger partial charge is 0.370 e. The molecule has 0 bridgehead atoms. The Labute approximate surface area is 172 Å². The van der Waals surface area contributed by atoms with Crippen molar-refractivity contribution in [1.82, 2.24) is 20.0 Å². The Kier molecular flexibility index (Phi) is 8.37. The summed E-state index contributed by atoms with van der Waals surface area (Å²) in [6.45, 7) is 6.72. The lowest BCUT2D eigenvalue weighted by Gasteiger charge is -2.23. The lowest BCUT2D eigenvalue weighted by atomic mass is 10.1. The number of guanidine groups is 1. The van der Waals surface area contributed by atoms with Gasteiger partial charge in [-0.1, -0.05) is 31.2 Å². The number of rotatable bonds is 7. The molecule has 2 aromatic rings. The van der Waals surface area contributed by atoms with Gasteiger partial charge >= 0.3 is 0 Å². The van der Waals surface area contributed by atoms with Crippen molar-refractivity contribution in [3.8, 4) is 0 Å². The lowest BCUT2D eigenvalue weighted by Crippen LogP contribution is -2.42. The monoisotopic (exact) mass is 468 g/mol. The van der Waals surface area contributed by atoms with E-state index in [1.807, 2.05) is 29.1 Å². The van der Waals surface area contributed by atoms with E-state index in [1.54, 1.807) is 6.20 Å². The molecule has 26 heavy (non-hydrogen) atoms. The number of aliphatic imine (C=N–C) groups is 1. The van der Waals surface area contributed by atoms with Crippen LogP contribution in [0.2, 0.25) is 0 Å². The van der Waals surface area contributed by atoms with Crippen LogP contribution in [0.4, 0.5) is 0 Å². The molecule has 0 saturated carbocycles. The van der Waals surface area contributed by atoms with Crippen molar-refractivity contribution in [2.75, 3.05) is 19.6 Å². The molecular weight excluding hydrogens is 439 g/mol. The number of nitrogens with one attached hydrogen (secondary N) is 1. The highest BCUT2D eigenvalue weighted by molar-refractivity contribution is 14.0. The average Bonchev–Trinajstić information content (AvgIpc) is 3.30. The van der Waals surface area contributed by atoms with Gasteiger partial charge in [0.25, 0.3) is 0 Å². The van der Waals surface area contributed by atoms with E-state index in [9.17, 15) is 0 Å². The Morgan fingerprint density at radius 1 is 1.31 bits per heavy atom. The van der Waals surface area contributed by atoms with Crippen LogP contribution >= 0.6 is 24.0 Å². The highest BCUT2D eigenvalue weighted by Gasteiger charge is 2.22. The minimum Gasteiger partial charge on any atom is -0.370 e. The van der Waals surface area contributed by atoms with Crippen LogP contribution in [-0.2, 0) is 13.1 Å². The van der Waals surface area contributed by atoms with E-state index < -0.39 is 0 Å². The van der Waals surface area contributed by atoms with Gasteiger partial charge in [0.1, 0.15) is 0 Å². The third-order valence-corrected chi connectivity index (χ3v) is 4.85. The maximum absolute atomic E-state index is 6.08. The molecule has 6 nitrogen and oxygen atoms in total. The standard InChI is InChI=1S/C19H28N6.HI/c1-2-24-11-5-9-18(24)14-22-19(20)21-13-16-7-3-4-8-17(16)15-25-12-6-10-23-25;/h3-4,6-8,10,12,18H,2,5,9,11,13-15H2,1H3,(H3,20,21,22);1H.